The van der Waals surface area contributed by atoms with Crippen molar-refractivity contribution in [1.82, 2.24) is 0 Å². The Morgan fingerprint density at radius 2 is 1.64 bits per heavy atom. The summed E-state index contributed by atoms with van der Waals surface area (Å²) in [5.74, 6) is 0.675. The van der Waals surface area contributed by atoms with Crippen molar-refractivity contribution in [2.24, 2.45) is 0 Å². The highest BCUT2D eigenvalue weighted by molar-refractivity contribution is 6.29. The summed E-state index contributed by atoms with van der Waals surface area (Å²) in [5, 5.41) is 0. The number of anilines is 1. The first-order valence-corrected chi connectivity index (χ1v) is 8.31. The molecule has 0 N–H and O–H groups in total. The zero-order chi connectivity index (χ0) is 18.0. The van der Waals surface area contributed by atoms with E-state index in [1.807, 2.05) is 12.1 Å². The predicted octanol–water partition coefficient (Wildman–Crippen LogP) is 4.17. The minimum Gasteiger partial charge on any atom is -0.497 e. The molecule has 4 heteroatoms. The molecular weight excluding hydrogens is 314 g/mol. The fraction of sp³-hybridized carbons (Fsp3) is 0.238. The maximum atomic E-state index is 12.7. The molecule has 3 rings (SSSR count). The maximum absolute atomic E-state index is 12.7. The van der Waals surface area contributed by atoms with Crippen molar-refractivity contribution in [3.8, 4) is 5.75 Å². The molecule has 2 aromatic carbocycles. The molecule has 1 aliphatic heterocycles. The quantitative estimate of drug-likeness (QED) is 0.622. The number of amides is 2. The number of hydrogen-bond acceptors (Lipinski definition) is 3. The van der Waals surface area contributed by atoms with Gasteiger partial charge in [0, 0.05) is 5.57 Å². The topological polar surface area (TPSA) is 46.6 Å². The van der Waals surface area contributed by atoms with Crippen LogP contribution in [-0.2, 0) is 9.59 Å². The lowest BCUT2D eigenvalue weighted by atomic mass is 10.0. The molecule has 0 aromatic heterocycles. The second kappa shape index (κ2) is 6.93. The minimum atomic E-state index is -0.261. The van der Waals surface area contributed by atoms with Crippen LogP contribution in [0.15, 0.2) is 54.1 Å². The Bertz CT molecular complexity index is 817. The number of benzene rings is 2. The lowest BCUT2D eigenvalue weighted by Crippen LogP contribution is -2.28. The van der Waals surface area contributed by atoms with Gasteiger partial charge in [0.05, 0.1) is 19.2 Å². The van der Waals surface area contributed by atoms with Gasteiger partial charge in [-0.2, -0.15) is 0 Å². The van der Waals surface area contributed by atoms with Crippen molar-refractivity contribution in [2.75, 3.05) is 12.0 Å². The van der Waals surface area contributed by atoms with Gasteiger partial charge in [0.1, 0.15) is 5.75 Å². The van der Waals surface area contributed by atoms with E-state index in [0.717, 1.165) is 5.56 Å². The van der Waals surface area contributed by atoms with Gasteiger partial charge in [0.25, 0.3) is 5.91 Å². The van der Waals surface area contributed by atoms with Crippen molar-refractivity contribution >= 4 is 23.6 Å². The van der Waals surface area contributed by atoms with Crippen molar-refractivity contribution in [2.45, 2.75) is 26.2 Å². The van der Waals surface area contributed by atoms with E-state index >= 15 is 0 Å². The smallest absolute Gasteiger partial charge is 0.261 e. The Hall–Kier alpha value is -2.88. The van der Waals surface area contributed by atoms with E-state index in [9.17, 15) is 9.59 Å². The van der Waals surface area contributed by atoms with Crippen LogP contribution < -0.4 is 9.64 Å². The molecule has 128 valence electrons. The third-order valence-corrected chi connectivity index (χ3v) is 4.34. The molecular formula is C21H21NO3. The first kappa shape index (κ1) is 17.0. The summed E-state index contributed by atoms with van der Waals surface area (Å²) < 4.78 is 5.11. The SMILES string of the molecule is COc1ccc(N2C(=O)C/C(=C\c3ccc(C(C)C)cc3)C2=O)cc1. The molecule has 0 spiro atoms. The number of hydrogen-bond donors (Lipinski definition) is 0. The van der Waals surface area contributed by atoms with Gasteiger partial charge in [-0.3, -0.25) is 9.59 Å². The summed E-state index contributed by atoms with van der Waals surface area (Å²) in [6.45, 7) is 4.28. The monoisotopic (exact) mass is 335 g/mol. The average Bonchev–Trinajstić information content (AvgIpc) is 2.89. The van der Waals surface area contributed by atoms with Gasteiger partial charge in [-0.1, -0.05) is 38.1 Å². The summed E-state index contributed by atoms with van der Waals surface area (Å²) in [5.41, 5.74) is 3.25. The van der Waals surface area contributed by atoms with E-state index < -0.39 is 0 Å². The van der Waals surface area contributed by atoms with Crippen molar-refractivity contribution in [3.63, 3.8) is 0 Å². The van der Waals surface area contributed by atoms with E-state index in [-0.39, 0.29) is 18.2 Å². The minimum absolute atomic E-state index is 0.122. The van der Waals surface area contributed by atoms with E-state index in [1.54, 1.807) is 37.5 Å². The van der Waals surface area contributed by atoms with Crippen molar-refractivity contribution < 1.29 is 14.3 Å². The Morgan fingerprint density at radius 3 is 2.20 bits per heavy atom. The molecule has 0 aliphatic carbocycles. The highest BCUT2D eigenvalue weighted by Crippen LogP contribution is 2.29. The van der Waals surface area contributed by atoms with E-state index in [1.165, 1.54) is 10.5 Å². The van der Waals surface area contributed by atoms with Crippen LogP contribution in [0.5, 0.6) is 5.75 Å². The van der Waals surface area contributed by atoms with Crippen LogP contribution in [-0.4, -0.2) is 18.9 Å². The molecule has 0 radical (unpaired) electrons. The lowest BCUT2D eigenvalue weighted by Gasteiger charge is -2.13. The second-order valence-corrected chi connectivity index (χ2v) is 6.40. The Labute approximate surface area is 147 Å². The zero-order valence-electron chi connectivity index (χ0n) is 14.7. The van der Waals surface area contributed by atoms with Crippen molar-refractivity contribution in [3.05, 3.63) is 65.2 Å². The lowest BCUT2D eigenvalue weighted by molar-refractivity contribution is -0.120. The second-order valence-electron chi connectivity index (χ2n) is 6.40. The van der Waals surface area contributed by atoms with Crippen LogP contribution in [0.4, 0.5) is 5.69 Å². The third kappa shape index (κ3) is 3.48. The molecule has 0 saturated carbocycles. The molecule has 1 fully saturated rings. The summed E-state index contributed by atoms with van der Waals surface area (Å²) in [4.78, 5) is 26.2. The molecule has 0 bridgehead atoms. The fourth-order valence-corrected chi connectivity index (χ4v) is 2.86. The van der Waals surface area contributed by atoms with Crippen LogP contribution in [0, 0.1) is 0 Å². The summed E-state index contributed by atoms with van der Waals surface area (Å²) in [6.07, 6.45) is 1.92. The van der Waals surface area contributed by atoms with Gasteiger partial charge in [0.2, 0.25) is 5.91 Å². The average molecular weight is 335 g/mol. The van der Waals surface area contributed by atoms with E-state index in [2.05, 4.69) is 26.0 Å². The molecule has 1 aliphatic rings. The zero-order valence-corrected chi connectivity index (χ0v) is 14.7. The molecule has 0 unspecified atom stereocenters. The Kier molecular flexibility index (Phi) is 4.70. The standard InChI is InChI=1S/C21H21NO3/c1-14(2)16-6-4-15(5-7-16)12-17-13-20(23)22(21(17)24)18-8-10-19(25-3)11-9-18/h4-12,14H,13H2,1-3H3/b17-12+. The number of ether oxygens (including phenoxy) is 1. The van der Waals surface area contributed by atoms with Gasteiger partial charge in [-0.25, -0.2) is 4.90 Å². The van der Waals surface area contributed by atoms with Gasteiger partial charge in [0.15, 0.2) is 0 Å². The number of methoxy groups -OCH3 is 1. The molecule has 4 nitrogen and oxygen atoms in total. The molecule has 0 atom stereocenters. The third-order valence-electron chi connectivity index (χ3n) is 4.34. The first-order chi connectivity index (χ1) is 12.0. The number of nitrogens with zero attached hydrogens (tertiary/aromatic N) is 1. The summed E-state index contributed by atoms with van der Waals surface area (Å²) >= 11 is 0. The highest BCUT2D eigenvalue weighted by atomic mass is 16.5. The largest absolute Gasteiger partial charge is 0.497 e. The maximum Gasteiger partial charge on any atom is 0.261 e. The predicted molar refractivity (Wildman–Crippen MR) is 98.6 cm³/mol. The van der Waals surface area contributed by atoms with Crippen LogP contribution in [0.1, 0.15) is 37.3 Å². The summed E-state index contributed by atoms with van der Waals surface area (Å²) in [6, 6.07) is 15.0. The van der Waals surface area contributed by atoms with Gasteiger partial charge < -0.3 is 4.74 Å². The van der Waals surface area contributed by atoms with E-state index in [4.69, 9.17) is 4.74 Å². The number of imide groups is 1. The molecule has 2 amide bonds. The normalized spacial score (nSPS) is 16.2. The molecule has 2 aromatic rings. The van der Waals surface area contributed by atoms with Crippen LogP contribution in [0.3, 0.4) is 0 Å². The number of carbonyl (C=O) groups excluding carboxylic acids is 2. The Morgan fingerprint density at radius 1 is 1.00 bits per heavy atom. The first-order valence-electron chi connectivity index (χ1n) is 8.31. The number of rotatable bonds is 4. The molecule has 1 saturated heterocycles. The van der Waals surface area contributed by atoms with Gasteiger partial charge in [-0.05, 0) is 47.4 Å². The summed E-state index contributed by atoms with van der Waals surface area (Å²) in [7, 11) is 1.58. The van der Waals surface area contributed by atoms with E-state index in [0.29, 0.717) is 22.9 Å². The molecule has 1 heterocycles. The molecule has 25 heavy (non-hydrogen) atoms. The number of carbonyl (C=O) groups is 2. The van der Waals surface area contributed by atoms with Crippen LogP contribution in [0.2, 0.25) is 0 Å². The van der Waals surface area contributed by atoms with Gasteiger partial charge in [-0.15, -0.1) is 0 Å². The Balaban J connectivity index is 1.84. The van der Waals surface area contributed by atoms with Gasteiger partial charge >= 0.3 is 0 Å². The highest BCUT2D eigenvalue weighted by Gasteiger charge is 2.34. The fourth-order valence-electron chi connectivity index (χ4n) is 2.86. The van der Waals surface area contributed by atoms with Crippen LogP contribution >= 0.6 is 0 Å². The van der Waals surface area contributed by atoms with Crippen LogP contribution in [0.25, 0.3) is 6.08 Å². The van der Waals surface area contributed by atoms with Crippen molar-refractivity contribution in [1.29, 1.82) is 0 Å².